The van der Waals surface area contributed by atoms with Crippen LogP contribution in [0.2, 0.25) is 0 Å². The van der Waals surface area contributed by atoms with E-state index in [1.807, 2.05) is 18.2 Å². The number of nitrogens with two attached hydrogens (primary N) is 1. The summed E-state index contributed by atoms with van der Waals surface area (Å²) in [5.41, 5.74) is 8.73. The molecule has 1 aliphatic heterocycles. The monoisotopic (exact) mass is 312 g/mol. The Morgan fingerprint density at radius 2 is 1.87 bits per heavy atom. The summed E-state index contributed by atoms with van der Waals surface area (Å²) in [5.74, 6) is 1.05. The average molecular weight is 312 g/mol. The molecule has 0 saturated carbocycles. The normalized spacial score (nSPS) is 12.6. The molecule has 0 atom stereocenters. The fourth-order valence-corrected chi connectivity index (χ4v) is 2.55. The number of benzene rings is 2. The van der Waals surface area contributed by atoms with Crippen LogP contribution in [0.4, 0.5) is 4.39 Å². The van der Waals surface area contributed by atoms with Crippen molar-refractivity contribution in [3.05, 3.63) is 54.0 Å². The van der Waals surface area contributed by atoms with E-state index in [2.05, 4.69) is 10.3 Å². The molecule has 0 saturated heterocycles. The predicted molar refractivity (Wildman–Crippen MR) is 80.8 cm³/mol. The van der Waals surface area contributed by atoms with E-state index in [0.29, 0.717) is 22.9 Å². The lowest BCUT2D eigenvalue weighted by Gasteiger charge is -2.09. The van der Waals surface area contributed by atoms with Crippen LogP contribution in [0.1, 0.15) is 5.69 Å². The summed E-state index contributed by atoms with van der Waals surface area (Å²) in [4.78, 5) is 0. The maximum atomic E-state index is 13.2. The van der Waals surface area contributed by atoms with E-state index >= 15 is 0 Å². The van der Waals surface area contributed by atoms with Gasteiger partial charge in [-0.25, -0.2) is 9.07 Å². The third-order valence-electron chi connectivity index (χ3n) is 3.65. The maximum absolute atomic E-state index is 13.2. The standard InChI is InChI=1S/C16H13FN4O2/c17-11-2-4-12(5-3-11)21-16(13(8-18)19-20-21)10-1-6-14-15(7-10)23-9-22-14/h1-7H,8-9,18H2. The Bertz CT molecular complexity index is 861. The molecular weight excluding hydrogens is 299 g/mol. The molecule has 2 aromatic carbocycles. The minimum absolute atomic E-state index is 0.206. The molecule has 4 rings (SSSR count). The smallest absolute Gasteiger partial charge is 0.231 e. The SMILES string of the molecule is NCc1nnn(-c2ccc(F)cc2)c1-c1ccc2c(c1)OCO2. The average Bonchev–Trinajstić information content (AvgIpc) is 3.21. The number of ether oxygens (including phenoxy) is 2. The highest BCUT2D eigenvalue weighted by Gasteiger charge is 2.19. The molecule has 0 bridgehead atoms. The third kappa shape index (κ3) is 2.31. The molecule has 0 radical (unpaired) electrons. The molecule has 6 nitrogen and oxygen atoms in total. The largest absolute Gasteiger partial charge is 0.454 e. The Labute approximate surface area is 131 Å². The van der Waals surface area contributed by atoms with Crippen LogP contribution in [0.3, 0.4) is 0 Å². The lowest BCUT2D eigenvalue weighted by molar-refractivity contribution is 0.174. The topological polar surface area (TPSA) is 75.2 Å². The van der Waals surface area contributed by atoms with Crippen LogP contribution in [-0.4, -0.2) is 21.8 Å². The summed E-state index contributed by atoms with van der Waals surface area (Å²) >= 11 is 0. The van der Waals surface area contributed by atoms with Gasteiger partial charge >= 0.3 is 0 Å². The Morgan fingerprint density at radius 3 is 2.65 bits per heavy atom. The van der Waals surface area contributed by atoms with Gasteiger partial charge in [-0.3, -0.25) is 0 Å². The predicted octanol–water partition coefficient (Wildman–Crippen LogP) is 2.26. The summed E-state index contributed by atoms with van der Waals surface area (Å²) < 4.78 is 25.5. The van der Waals surface area contributed by atoms with E-state index in [4.69, 9.17) is 15.2 Å². The fraction of sp³-hybridized carbons (Fsp3) is 0.125. The van der Waals surface area contributed by atoms with Crippen LogP contribution in [0.25, 0.3) is 16.9 Å². The summed E-state index contributed by atoms with van der Waals surface area (Å²) in [7, 11) is 0. The van der Waals surface area contributed by atoms with Crippen molar-refractivity contribution in [2.75, 3.05) is 6.79 Å². The molecule has 1 aromatic heterocycles. The van der Waals surface area contributed by atoms with E-state index in [0.717, 1.165) is 11.3 Å². The Morgan fingerprint density at radius 1 is 1.09 bits per heavy atom. The second-order valence-electron chi connectivity index (χ2n) is 5.05. The van der Waals surface area contributed by atoms with Crippen molar-refractivity contribution >= 4 is 0 Å². The molecule has 0 unspecified atom stereocenters. The van der Waals surface area contributed by atoms with Gasteiger partial charge in [-0.2, -0.15) is 0 Å². The first-order valence-electron chi connectivity index (χ1n) is 7.07. The molecule has 1 aliphatic rings. The molecule has 3 aromatic rings. The fourth-order valence-electron chi connectivity index (χ4n) is 2.55. The van der Waals surface area contributed by atoms with Crippen molar-refractivity contribution in [2.45, 2.75) is 6.54 Å². The van der Waals surface area contributed by atoms with Gasteiger partial charge in [-0.05, 0) is 42.5 Å². The third-order valence-corrected chi connectivity index (χ3v) is 3.65. The molecule has 2 N–H and O–H groups in total. The summed E-state index contributed by atoms with van der Waals surface area (Å²) in [6, 6.07) is 11.6. The molecule has 2 heterocycles. The number of rotatable bonds is 3. The van der Waals surface area contributed by atoms with Crippen LogP contribution >= 0.6 is 0 Å². The highest BCUT2D eigenvalue weighted by atomic mass is 19.1. The van der Waals surface area contributed by atoms with Crippen molar-refractivity contribution in [1.82, 2.24) is 15.0 Å². The molecule has 0 spiro atoms. The summed E-state index contributed by atoms with van der Waals surface area (Å²) in [5, 5.41) is 8.27. The molecule has 7 heteroatoms. The van der Waals surface area contributed by atoms with Crippen LogP contribution in [0.5, 0.6) is 11.5 Å². The Kier molecular flexibility index (Phi) is 3.20. The second kappa shape index (κ2) is 5.36. The van der Waals surface area contributed by atoms with Gasteiger partial charge in [0, 0.05) is 12.1 Å². The summed E-state index contributed by atoms with van der Waals surface area (Å²) in [6.45, 7) is 0.447. The van der Waals surface area contributed by atoms with E-state index in [-0.39, 0.29) is 19.2 Å². The minimum atomic E-state index is -0.308. The molecule has 23 heavy (non-hydrogen) atoms. The van der Waals surface area contributed by atoms with Gasteiger partial charge in [0.2, 0.25) is 6.79 Å². The highest BCUT2D eigenvalue weighted by Crippen LogP contribution is 2.37. The van der Waals surface area contributed by atoms with Gasteiger partial charge < -0.3 is 15.2 Å². The quantitative estimate of drug-likeness (QED) is 0.803. The molecular formula is C16H13FN4O2. The number of aromatic nitrogens is 3. The van der Waals surface area contributed by atoms with E-state index in [1.165, 1.54) is 12.1 Å². The van der Waals surface area contributed by atoms with E-state index in [9.17, 15) is 4.39 Å². The summed E-state index contributed by atoms with van der Waals surface area (Å²) in [6.07, 6.45) is 0. The van der Waals surface area contributed by atoms with Crippen molar-refractivity contribution < 1.29 is 13.9 Å². The number of hydrogen-bond donors (Lipinski definition) is 1. The van der Waals surface area contributed by atoms with Gasteiger partial charge in [0.05, 0.1) is 11.4 Å². The van der Waals surface area contributed by atoms with Gasteiger partial charge in [0.25, 0.3) is 0 Å². The van der Waals surface area contributed by atoms with E-state index < -0.39 is 0 Å². The first kappa shape index (κ1) is 13.7. The van der Waals surface area contributed by atoms with Crippen molar-refractivity contribution in [3.8, 4) is 28.4 Å². The molecule has 116 valence electrons. The Hall–Kier alpha value is -2.93. The Balaban J connectivity index is 1.87. The first-order valence-corrected chi connectivity index (χ1v) is 7.07. The molecule has 0 amide bonds. The van der Waals surface area contributed by atoms with Gasteiger partial charge in [-0.15, -0.1) is 5.10 Å². The van der Waals surface area contributed by atoms with Crippen molar-refractivity contribution in [3.63, 3.8) is 0 Å². The zero-order chi connectivity index (χ0) is 15.8. The second-order valence-corrected chi connectivity index (χ2v) is 5.05. The van der Waals surface area contributed by atoms with Gasteiger partial charge in [0.15, 0.2) is 11.5 Å². The molecule has 0 fully saturated rings. The van der Waals surface area contributed by atoms with Gasteiger partial charge in [-0.1, -0.05) is 5.21 Å². The lowest BCUT2D eigenvalue weighted by atomic mass is 10.1. The van der Waals surface area contributed by atoms with Gasteiger partial charge in [0.1, 0.15) is 11.5 Å². The number of halogens is 1. The van der Waals surface area contributed by atoms with Crippen LogP contribution in [-0.2, 0) is 6.54 Å². The van der Waals surface area contributed by atoms with Crippen LogP contribution in [0, 0.1) is 5.82 Å². The number of nitrogens with zero attached hydrogens (tertiary/aromatic N) is 3. The minimum Gasteiger partial charge on any atom is -0.454 e. The lowest BCUT2D eigenvalue weighted by Crippen LogP contribution is -2.02. The molecule has 0 aliphatic carbocycles. The first-order chi connectivity index (χ1) is 11.3. The number of hydrogen-bond acceptors (Lipinski definition) is 5. The van der Waals surface area contributed by atoms with Crippen molar-refractivity contribution in [1.29, 1.82) is 0 Å². The zero-order valence-electron chi connectivity index (χ0n) is 12.1. The zero-order valence-corrected chi connectivity index (χ0v) is 12.1. The van der Waals surface area contributed by atoms with Crippen molar-refractivity contribution in [2.24, 2.45) is 5.73 Å². The highest BCUT2D eigenvalue weighted by molar-refractivity contribution is 5.68. The van der Waals surface area contributed by atoms with E-state index in [1.54, 1.807) is 16.8 Å². The number of fused-ring (bicyclic) bond motifs is 1. The van der Waals surface area contributed by atoms with Crippen LogP contribution in [0.15, 0.2) is 42.5 Å². The maximum Gasteiger partial charge on any atom is 0.231 e. The van der Waals surface area contributed by atoms with Crippen LogP contribution < -0.4 is 15.2 Å².